The molecule has 0 bridgehead atoms. The molecule has 6 heteroatoms. The number of aliphatic hydroxyl groups is 1. The maximum Gasteiger partial charge on any atom is 0.254 e. The fraction of sp³-hybridized carbons (Fsp3) is 0.444. The van der Waals surface area contributed by atoms with Crippen molar-refractivity contribution in [1.82, 2.24) is 15.1 Å². The van der Waals surface area contributed by atoms with E-state index in [0.717, 1.165) is 36.4 Å². The van der Waals surface area contributed by atoms with Crippen molar-refractivity contribution in [3.05, 3.63) is 47.8 Å². The minimum Gasteiger partial charge on any atom is -0.387 e. The molecule has 1 amide bonds. The van der Waals surface area contributed by atoms with Gasteiger partial charge in [0, 0.05) is 12.3 Å². The summed E-state index contributed by atoms with van der Waals surface area (Å²) in [4.78, 5) is 12.6. The van der Waals surface area contributed by atoms with Crippen LogP contribution in [0.1, 0.15) is 35.8 Å². The lowest BCUT2D eigenvalue weighted by Gasteiger charge is -2.21. The van der Waals surface area contributed by atoms with E-state index in [1.54, 1.807) is 18.0 Å². The number of hydrogen-bond donors (Lipinski definition) is 2. The molecule has 1 aliphatic rings. The maximum absolute atomic E-state index is 12.6. The van der Waals surface area contributed by atoms with E-state index in [0.29, 0.717) is 17.9 Å². The van der Waals surface area contributed by atoms with Gasteiger partial charge in [-0.1, -0.05) is 31.5 Å². The molecule has 1 unspecified atom stereocenters. The smallest absolute Gasteiger partial charge is 0.254 e. The van der Waals surface area contributed by atoms with Crippen LogP contribution in [-0.4, -0.2) is 44.4 Å². The summed E-state index contributed by atoms with van der Waals surface area (Å²) in [6.07, 6.45) is 4.06. The van der Waals surface area contributed by atoms with Crippen LogP contribution in [0.4, 0.5) is 0 Å². The molecule has 1 fully saturated rings. The Kier molecular flexibility index (Phi) is 5.26. The molecule has 2 N–H and O–H groups in total. The van der Waals surface area contributed by atoms with Crippen LogP contribution >= 0.6 is 11.8 Å². The second-order valence-electron chi connectivity index (χ2n) is 6.21. The van der Waals surface area contributed by atoms with Gasteiger partial charge in [-0.05, 0) is 30.7 Å². The van der Waals surface area contributed by atoms with Gasteiger partial charge in [0.05, 0.1) is 28.7 Å². The summed E-state index contributed by atoms with van der Waals surface area (Å²) in [6, 6.07) is 9.83. The molecule has 3 rings (SSSR count). The molecule has 2 aromatic rings. The molecular weight excluding hydrogens is 322 g/mol. The van der Waals surface area contributed by atoms with Gasteiger partial charge in [-0.25, -0.2) is 4.68 Å². The highest BCUT2D eigenvalue weighted by molar-refractivity contribution is 7.99. The Morgan fingerprint density at radius 3 is 2.88 bits per heavy atom. The van der Waals surface area contributed by atoms with Crippen molar-refractivity contribution in [2.24, 2.45) is 0 Å². The van der Waals surface area contributed by atoms with Gasteiger partial charge in [0.15, 0.2) is 0 Å². The quantitative estimate of drug-likeness (QED) is 0.844. The zero-order chi connectivity index (χ0) is 17.0. The normalized spacial score (nSPS) is 20.2. The van der Waals surface area contributed by atoms with Crippen LogP contribution in [0.2, 0.25) is 0 Å². The SMILES string of the molecule is CCCc1c(C(=O)NCC2(O)CCSC2)cnn1-c1ccccc1. The zero-order valence-corrected chi connectivity index (χ0v) is 14.7. The fourth-order valence-corrected chi connectivity index (χ4v) is 4.20. The second-order valence-corrected chi connectivity index (χ2v) is 7.32. The van der Waals surface area contributed by atoms with Crippen molar-refractivity contribution in [3.63, 3.8) is 0 Å². The number of nitrogens with one attached hydrogen (secondary N) is 1. The van der Waals surface area contributed by atoms with Gasteiger partial charge in [-0.2, -0.15) is 16.9 Å². The minimum atomic E-state index is -0.777. The number of aromatic nitrogens is 2. The van der Waals surface area contributed by atoms with Crippen molar-refractivity contribution in [3.8, 4) is 5.69 Å². The monoisotopic (exact) mass is 345 g/mol. The number of carbonyl (C=O) groups is 1. The Hall–Kier alpha value is -1.79. The predicted molar refractivity (Wildman–Crippen MR) is 96.8 cm³/mol. The summed E-state index contributed by atoms with van der Waals surface area (Å²) >= 11 is 1.72. The molecular formula is C18H23N3O2S. The van der Waals surface area contributed by atoms with Crippen molar-refractivity contribution >= 4 is 17.7 Å². The molecule has 1 aromatic heterocycles. The summed E-state index contributed by atoms with van der Waals surface area (Å²) in [5.74, 6) is 1.46. The average molecular weight is 345 g/mol. The summed E-state index contributed by atoms with van der Waals surface area (Å²) in [5, 5.41) is 17.7. The van der Waals surface area contributed by atoms with Crippen LogP contribution < -0.4 is 5.32 Å². The van der Waals surface area contributed by atoms with Crippen molar-refractivity contribution in [2.75, 3.05) is 18.1 Å². The highest BCUT2D eigenvalue weighted by Crippen LogP contribution is 2.27. The lowest BCUT2D eigenvalue weighted by molar-refractivity contribution is 0.0612. The second kappa shape index (κ2) is 7.40. The highest BCUT2D eigenvalue weighted by atomic mass is 32.2. The number of rotatable bonds is 6. The van der Waals surface area contributed by atoms with Gasteiger partial charge in [0.1, 0.15) is 0 Å². The van der Waals surface area contributed by atoms with Gasteiger partial charge in [-0.15, -0.1) is 0 Å². The van der Waals surface area contributed by atoms with Crippen molar-refractivity contribution in [1.29, 1.82) is 0 Å². The predicted octanol–water partition coefficient (Wildman–Crippen LogP) is 2.42. The molecule has 24 heavy (non-hydrogen) atoms. The van der Waals surface area contributed by atoms with Crippen LogP contribution in [0.3, 0.4) is 0 Å². The molecule has 2 heterocycles. The number of para-hydroxylation sites is 1. The van der Waals surface area contributed by atoms with E-state index in [2.05, 4.69) is 17.3 Å². The van der Waals surface area contributed by atoms with Gasteiger partial charge < -0.3 is 10.4 Å². The topological polar surface area (TPSA) is 67.2 Å². The molecule has 0 saturated carbocycles. The first-order chi connectivity index (χ1) is 11.6. The van der Waals surface area contributed by atoms with E-state index in [9.17, 15) is 9.90 Å². The van der Waals surface area contributed by atoms with Crippen LogP contribution in [0.5, 0.6) is 0 Å². The highest BCUT2D eigenvalue weighted by Gasteiger charge is 2.32. The number of carbonyl (C=O) groups excluding carboxylic acids is 1. The minimum absolute atomic E-state index is 0.161. The van der Waals surface area contributed by atoms with E-state index >= 15 is 0 Å². The third-order valence-electron chi connectivity index (χ3n) is 4.26. The Balaban J connectivity index is 1.79. The largest absolute Gasteiger partial charge is 0.387 e. The zero-order valence-electron chi connectivity index (χ0n) is 13.9. The third-order valence-corrected chi connectivity index (χ3v) is 5.50. The molecule has 1 aromatic carbocycles. The Morgan fingerprint density at radius 1 is 1.42 bits per heavy atom. The van der Waals surface area contributed by atoms with E-state index in [4.69, 9.17) is 0 Å². The van der Waals surface area contributed by atoms with Gasteiger partial charge in [0.25, 0.3) is 5.91 Å². The Morgan fingerprint density at radius 2 is 2.21 bits per heavy atom. The van der Waals surface area contributed by atoms with Gasteiger partial charge in [0.2, 0.25) is 0 Å². The first kappa shape index (κ1) is 17.0. The molecule has 0 spiro atoms. The lowest BCUT2D eigenvalue weighted by atomic mass is 10.0. The first-order valence-electron chi connectivity index (χ1n) is 8.33. The van der Waals surface area contributed by atoms with Gasteiger partial charge >= 0.3 is 0 Å². The molecule has 1 aliphatic heterocycles. The number of nitrogens with zero attached hydrogens (tertiary/aromatic N) is 2. The number of thioether (sulfide) groups is 1. The molecule has 0 aliphatic carbocycles. The van der Waals surface area contributed by atoms with Crippen LogP contribution in [0, 0.1) is 0 Å². The lowest BCUT2D eigenvalue weighted by Crippen LogP contribution is -2.43. The van der Waals surface area contributed by atoms with Crippen LogP contribution in [0.15, 0.2) is 36.5 Å². The maximum atomic E-state index is 12.6. The standard InChI is InChI=1S/C18H23N3O2S/c1-2-6-16-15(11-20-21(16)14-7-4-3-5-8-14)17(22)19-12-18(23)9-10-24-13-18/h3-5,7-8,11,23H,2,6,9-10,12-13H2,1H3,(H,19,22). The molecule has 1 saturated heterocycles. The Labute approximate surface area is 146 Å². The van der Waals surface area contributed by atoms with Crippen LogP contribution in [-0.2, 0) is 6.42 Å². The molecule has 1 atom stereocenters. The van der Waals surface area contributed by atoms with Crippen LogP contribution in [0.25, 0.3) is 5.69 Å². The average Bonchev–Trinajstić information content (AvgIpc) is 3.21. The fourth-order valence-electron chi connectivity index (χ4n) is 2.91. The molecule has 128 valence electrons. The van der Waals surface area contributed by atoms with E-state index in [1.807, 2.05) is 35.0 Å². The first-order valence-corrected chi connectivity index (χ1v) is 9.49. The third kappa shape index (κ3) is 3.65. The summed E-state index contributed by atoms with van der Waals surface area (Å²) in [5.41, 5.74) is 1.68. The number of amides is 1. The van der Waals surface area contributed by atoms with E-state index in [-0.39, 0.29) is 5.91 Å². The summed E-state index contributed by atoms with van der Waals surface area (Å²) in [6.45, 7) is 2.38. The summed E-state index contributed by atoms with van der Waals surface area (Å²) in [7, 11) is 0. The van der Waals surface area contributed by atoms with E-state index < -0.39 is 5.60 Å². The van der Waals surface area contributed by atoms with Crippen molar-refractivity contribution < 1.29 is 9.90 Å². The van der Waals surface area contributed by atoms with E-state index in [1.165, 1.54) is 0 Å². The van der Waals surface area contributed by atoms with Crippen molar-refractivity contribution in [2.45, 2.75) is 31.8 Å². The Bertz CT molecular complexity index is 694. The number of benzene rings is 1. The summed E-state index contributed by atoms with van der Waals surface area (Å²) < 4.78 is 1.83. The molecule has 0 radical (unpaired) electrons. The molecule has 5 nitrogen and oxygen atoms in total. The van der Waals surface area contributed by atoms with Gasteiger partial charge in [-0.3, -0.25) is 4.79 Å². The number of hydrogen-bond acceptors (Lipinski definition) is 4.